The van der Waals surface area contributed by atoms with Crippen LogP contribution in [0, 0.1) is 11.2 Å². The number of piperidine rings is 1. The van der Waals surface area contributed by atoms with Crippen LogP contribution in [-0.2, 0) is 18.3 Å². The molecule has 0 bridgehead atoms. The quantitative estimate of drug-likeness (QED) is 0.623. The Labute approximate surface area is 183 Å². The third kappa shape index (κ3) is 4.39. The van der Waals surface area contributed by atoms with Crippen molar-refractivity contribution in [3.8, 4) is 0 Å². The van der Waals surface area contributed by atoms with Crippen LogP contribution in [0.3, 0.4) is 0 Å². The Balaban J connectivity index is 1.37. The number of nitrogens with zero attached hydrogens (tertiary/aromatic N) is 4. The van der Waals surface area contributed by atoms with E-state index in [1.165, 1.54) is 31.3 Å². The fraction of sp³-hybridized carbons (Fsp3) is 0.409. The smallest absolute Gasteiger partial charge is 0.274 e. The van der Waals surface area contributed by atoms with E-state index in [2.05, 4.69) is 20.4 Å². The zero-order chi connectivity index (χ0) is 22.9. The van der Waals surface area contributed by atoms with Gasteiger partial charge in [0.2, 0.25) is 5.91 Å². The molecular weight excluding hydrogens is 415 g/mol. The summed E-state index contributed by atoms with van der Waals surface area (Å²) in [7, 11) is 1.49. The zero-order valence-corrected chi connectivity index (χ0v) is 18.0. The fourth-order valence-electron chi connectivity index (χ4n) is 4.04. The highest BCUT2D eigenvalue weighted by Gasteiger charge is 2.39. The van der Waals surface area contributed by atoms with E-state index in [0.717, 1.165) is 4.68 Å². The molecule has 0 saturated carbocycles. The molecule has 3 aromatic rings. The van der Waals surface area contributed by atoms with Crippen molar-refractivity contribution in [2.45, 2.75) is 26.2 Å². The molecular formula is C22H25FN6O3. The predicted octanol–water partition coefficient (Wildman–Crippen LogP) is 1.40. The van der Waals surface area contributed by atoms with Crippen LogP contribution in [0.25, 0.3) is 11.0 Å². The second-order valence-corrected chi connectivity index (χ2v) is 8.42. The molecule has 1 aromatic carbocycles. The molecule has 0 unspecified atom stereocenters. The monoisotopic (exact) mass is 440 g/mol. The maximum Gasteiger partial charge on any atom is 0.274 e. The molecule has 168 valence electrons. The molecule has 4 rings (SSSR count). The molecule has 32 heavy (non-hydrogen) atoms. The average Bonchev–Trinajstić information content (AvgIpc) is 3.17. The normalized spacial score (nSPS) is 18.7. The van der Waals surface area contributed by atoms with Crippen LogP contribution < -0.4 is 10.9 Å². The first-order valence-electron chi connectivity index (χ1n) is 10.5. The van der Waals surface area contributed by atoms with Crippen molar-refractivity contribution in [3.05, 3.63) is 58.0 Å². The SMILES string of the molecule is Cn1nc(C(=O)N2CCC[C@@](C)(C(=O)NCCc3nc4ccc(F)cc4[nH]3)C2)ccc1=O. The first kappa shape index (κ1) is 21.7. The number of imidazole rings is 1. The molecule has 0 radical (unpaired) electrons. The van der Waals surface area contributed by atoms with E-state index < -0.39 is 5.41 Å². The van der Waals surface area contributed by atoms with E-state index in [9.17, 15) is 18.8 Å². The van der Waals surface area contributed by atoms with Gasteiger partial charge < -0.3 is 15.2 Å². The van der Waals surface area contributed by atoms with Crippen LogP contribution in [-0.4, -0.2) is 56.1 Å². The summed E-state index contributed by atoms with van der Waals surface area (Å²) in [5, 5.41) is 6.97. The molecule has 2 amide bonds. The Bertz CT molecular complexity index is 1240. The number of hydrogen-bond acceptors (Lipinski definition) is 5. The lowest BCUT2D eigenvalue weighted by molar-refractivity contribution is -0.132. The van der Waals surface area contributed by atoms with Gasteiger partial charge in [0.05, 0.1) is 16.4 Å². The minimum Gasteiger partial charge on any atom is -0.355 e. The van der Waals surface area contributed by atoms with Crippen molar-refractivity contribution in [2.24, 2.45) is 12.5 Å². The van der Waals surface area contributed by atoms with Crippen LogP contribution in [0.1, 0.15) is 36.1 Å². The molecule has 1 saturated heterocycles. The van der Waals surface area contributed by atoms with E-state index in [1.54, 1.807) is 11.0 Å². The number of likely N-dealkylation sites (tertiary alicyclic amines) is 1. The van der Waals surface area contributed by atoms with Crippen LogP contribution in [0.15, 0.2) is 35.1 Å². The van der Waals surface area contributed by atoms with E-state index in [1.807, 2.05) is 6.92 Å². The number of carbonyl (C=O) groups excluding carboxylic acids is 2. The minimum atomic E-state index is -0.731. The number of rotatable bonds is 5. The summed E-state index contributed by atoms with van der Waals surface area (Å²) in [5.41, 5.74) is 0.447. The summed E-state index contributed by atoms with van der Waals surface area (Å²) in [6.45, 7) is 3.01. The standard InChI is InChI=1S/C22H25FN6O3/c1-22(9-3-11-29(13-22)20(31)16-6-7-19(30)28(2)27-16)21(32)24-10-8-18-25-15-5-4-14(23)12-17(15)26-18/h4-7,12H,3,8-11,13H2,1-2H3,(H,24,32)(H,25,26)/t22-/m1/s1. The molecule has 2 aromatic heterocycles. The lowest BCUT2D eigenvalue weighted by atomic mass is 9.80. The van der Waals surface area contributed by atoms with Gasteiger partial charge in [-0.2, -0.15) is 5.10 Å². The Hall–Kier alpha value is -3.56. The molecule has 3 heterocycles. The number of fused-ring (bicyclic) bond motifs is 1. The van der Waals surface area contributed by atoms with E-state index in [-0.39, 0.29) is 35.4 Å². The Morgan fingerprint density at radius 1 is 1.28 bits per heavy atom. The van der Waals surface area contributed by atoms with Crippen LogP contribution in [0.5, 0.6) is 0 Å². The molecule has 10 heteroatoms. The number of aryl methyl sites for hydroxylation is 1. The second-order valence-electron chi connectivity index (χ2n) is 8.42. The maximum atomic E-state index is 13.3. The number of benzene rings is 1. The van der Waals surface area contributed by atoms with Gasteiger partial charge in [0.15, 0.2) is 0 Å². The van der Waals surface area contributed by atoms with Gasteiger partial charge in [0.25, 0.3) is 11.5 Å². The first-order valence-corrected chi connectivity index (χ1v) is 10.5. The molecule has 0 aliphatic carbocycles. The molecule has 1 atom stereocenters. The number of nitrogens with one attached hydrogen (secondary N) is 2. The Morgan fingerprint density at radius 2 is 2.09 bits per heavy atom. The summed E-state index contributed by atoms with van der Waals surface area (Å²) >= 11 is 0. The van der Waals surface area contributed by atoms with Crippen molar-refractivity contribution in [1.29, 1.82) is 0 Å². The summed E-state index contributed by atoms with van der Waals surface area (Å²) in [6.07, 6.45) is 1.83. The number of aromatic nitrogens is 4. The Morgan fingerprint density at radius 3 is 2.88 bits per heavy atom. The fourth-order valence-corrected chi connectivity index (χ4v) is 4.04. The van der Waals surface area contributed by atoms with E-state index in [4.69, 9.17) is 0 Å². The third-order valence-corrected chi connectivity index (χ3v) is 5.85. The van der Waals surface area contributed by atoms with Crippen molar-refractivity contribution >= 4 is 22.8 Å². The molecule has 9 nitrogen and oxygen atoms in total. The number of amides is 2. The highest BCUT2D eigenvalue weighted by Crippen LogP contribution is 2.30. The summed E-state index contributed by atoms with van der Waals surface area (Å²) in [6, 6.07) is 7.07. The number of carbonyl (C=O) groups is 2. The highest BCUT2D eigenvalue weighted by molar-refractivity contribution is 5.93. The number of hydrogen-bond donors (Lipinski definition) is 2. The number of halogens is 1. The van der Waals surface area contributed by atoms with Crippen molar-refractivity contribution in [2.75, 3.05) is 19.6 Å². The molecule has 0 spiro atoms. The molecule has 1 aliphatic rings. The average molecular weight is 440 g/mol. The summed E-state index contributed by atoms with van der Waals surface area (Å²) in [5.74, 6) is -0.102. The lowest BCUT2D eigenvalue weighted by Crippen LogP contribution is -2.52. The predicted molar refractivity (Wildman–Crippen MR) is 115 cm³/mol. The highest BCUT2D eigenvalue weighted by atomic mass is 19.1. The maximum absolute atomic E-state index is 13.3. The van der Waals surface area contributed by atoms with Crippen molar-refractivity contribution in [3.63, 3.8) is 0 Å². The largest absolute Gasteiger partial charge is 0.355 e. The van der Waals surface area contributed by atoms with Gasteiger partial charge in [0, 0.05) is 39.2 Å². The van der Waals surface area contributed by atoms with Gasteiger partial charge in [0.1, 0.15) is 17.3 Å². The Kier molecular flexibility index (Phi) is 5.77. The van der Waals surface area contributed by atoms with Gasteiger partial charge >= 0.3 is 0 Å². The van der Waals surface area contributed by atoms with E-state index >= 15 is 0 Å². The van der Waals surface area contributed by atoms with Gasteiger partial charge in [-0.05, 0) is 44.0 Å². The number of H-pyrrole nitrogens is 1. The third-order valence-electron chi connectivity index (χ3n) is 5.85. The van der Waals surface area contributed by atoms with Crippen LogP contribution in [0.4, 0.5) is 4.39 Å². The summed E-state index contributed by atoms with van der Waals surface area (Å²) in [4.78, 5) is 46.4. The van der Waals surface area contributed by atoms with Crippen LogP contribution in [0.2, 0.25) is 0 Å². The van der Waals surface area contributed by atoms with Crippen molar-refractivity contribution < 1.29 is 14.0 Å². The van der Waals surface area contributed by atoms with Gasteiger partial charge in [-0.25, -0.2) is 14.1 Å². The van der Waals surface area contributed by atoms with E-state index in [0.29, 0.717) is 49.2 Å². The number of aromatic amines is 1. The van der Waals surface area contributed by atoms with Gasteiger partial charge in [-0.3, -0.25) is 14.4 Å². The van der Waals surface area contributed by atoms with Crippen molar-refractivity contribution in [1.82, 2.24) is 30.0 Å². The summed E-state index contributed by atoms with van der Waals surface area (Å²) < 4.78 is 14.5. The molecule has 2 N–H and O–H groups in total. The topological polar surface area (TPSA) is 113 Å². The minimum absolute atomic E-state index is 0.134. The van der Waals surface area contributed by atoms with Gasteiger partial charge in [-0.15, -0.1) is 0 Å². The lowest BCUT2D eigenvalue weighted by Gasteiger charge is -2.39. The van der Waals surface area contributed by atoms with Gasteiger partial charge in [-0.1, -0.05) is 0 Å². The zero-order valence-electron chi connectivity index (χ0n) is 18.0. The first-order chi connectivity index (χ1) is 15.2. The molecule has 1 aliphatic heterocycles. The van der Waals surface area contributed by atoms with Crippen LogP contribution >= 0.6 is 0 Å². The molecule has 1 fully saturated rings. The second kappa shape index (κ2) is 8.52.